The lowest BCUT2D eigenvalue weighted by Gasteiger charge is -2.01. The van der Waals surface area contributed by atoms with Crippen LogP contribution in [0.4, 0.5) is 0 Å². The van der Waals surface area contributed by atoms with E-state index in [1.807, 2.05) is 12.1 Å². The van der Waals surface area contributed by atoms with Crippen LogP contribution in [0.1, 0.15) is 30.8 Å². The Hall–Kier alpha value is -0.850. The average Bonchev–Trinajstić information content (AvgIpc) is 2.77. The molecule has 6 heteroatoms. The molecule has 0 spiro atoms. The van der Waals surface area contributed by atoms with E-state index in [9.17, 15) is 8.42 Å². The largest absolute Gasteiger partial charge is 0.464 e. The topological polar surface area (TPSA) is 85.3 Å². The van der Waals surface area contributed by atoms with Crippen LogP contribution in [0, 0.1) is 5.92 Å². The summed E-state index contributed by atoms with van der Waals surface area (Å²) in [7, 11) is -3.38. The third kappa shape index (κ3) is 3.83. The number of primary sulfonamides is 1. The van der Waals surface area contributed by atoms with Gasteiger partial charge in [0, 0.05) is 12.5 Å². The molecule has 1 saturated carbocycles. The number of nitrogens with two attached hydrogens (primary N) is 1. The first-order valence-corrected chi connectivity index (χ1v) is 7.47. The molecule has 1 aromatic heterocycles. The molecule has 2 rings (SSSR count). The van der Waals surface area contributed by atoms with Crippen molar-refractivity contribution in [1.29, 1.82) is 0 Å². The Balaban J connectivity index is 1.74. The second kappa shape index (κ2) is 4.80. The predicted molar refractivity (Wildman–Crippen MR) is 64.9 cm³/mol. The molecule has 1 fully saturated rings. The molecule has 17 heavy (non-hydrogen) atoms. The molecular weight excluding hydrogens is 240 g/mol. The van der Waals surface area contributed by atoms with Crippen molar-refractivity contribution in [3.63, 3.8) is 0 Å². The van der Waals surface area contributed by atoms with Crippen LogP contribution in [-0.2, 0) is 16.6 Å². The third-order valence-electron chi connectivity index (χ3n) is 3.02. The van der Waals surface area contributed by atoms with Crippen LogP contribution in [0.5, 0.6) is 0 Å². The zero-order chi connectivity index (χ0) is 12.5. The minimum absolute atomic E-state index is 0.0553. The van der Waals surface area contributed by atoms with Gasteiger partial charge in [-0.25, -0.2) is 13.6 Å². The Bertz CT molecular complexity index is 481. The van der Waals surface area contributed by atoms with Crippen LogP contribution in [0.25, 0.3) is 0 Å². The van der Waals surface area contributed by atoms with Crippen molar-refractivity contribution in [2.45, 2.75) is 25.8 Å². The number of sulfonamides is 1. The summed E-state index contributed by atoms with van der Waals surface area (Å²) in [6.07, 6.45) is 1.20. The molecule has 2 atom stereocenters. The molecule has 1 aromatic rings. The first-order chi connectivity index (χ1) is 7.96. The maximum absolute atomic E-state index is 10.7. The van der Waals surface area contributed by atoms with Crippen LogP contribution in [0.2, 0.25) is 0 Å². The lowest BCUT2D eigenvalue weighted by molar-refractivity contribution is 0.447. The van der Waals surface area contributed by atoms with Gasteiger partial charge in [-0.3, -0.25) is 0 Å². The van der Waals surface area contributed by atoms with Gasteiger partial charge in [-0.1, -0.05) is 6.92 Å². The number of nitrogens with one attached hydrogen (secondary N) is 1. The van der Waals surface area contributed by atoms with E-state index in [1.165, 1.54) is 6.42 Å². The molecule has 1 heterocycles. The molecule has 1 aliphatic rings. The van der Waals surface area contributed by atoms with Gasteiger partial charge in [-0.2, -0.15) is 0 Å². The van der Waals surface area contributed by atoms with Crippen molar-refractivity contribution in [3.8, 4) is 0 Å². The van der Waals surface area contributed by atoms with Crippen LogP contribution >= 0.6 is 0 Å². The number of hydrogen-bond acceptors (Lipinski definition) is 4. The molecule has 0 bridgehead atoms. The normalized spacial score (nSPS) is 23.9. The second-order valence-electron chi connectivity index (χ2n) is 4.67. The van der Waals surface area contributed by atoms with Gasteiger partial charge in [0.05, 0.1) is 12.3 Å². The van der Waals surface area contributed by atoms with Gasteiger partial charge in [-0.15, -0.1) is 0 Å². The summed E-state index contributed by atoms with van der Waals surface area (Å²) in [5, 5.41) is 7.88. The molecule has 0 aliphatic heterocycles. The standard InChI is InChI=1S/C11H18N2O3S/c1-8-6-10(8)11-3-2-9(16-11)7-13-4-5-17(12,14)15/h2-3,8,10,13H,4-7H2,1H3,(H2,12,14,15). The average molecular weight is 258 g/mol. The molecule has 0 amide bonds. The van der Waals surface area contributed by atoms with E-state index in [0.717, 1.165) is 17.4 Å². The predicted octanol–water partition coefficient (Wildman–Crippen LogP) is 0.781. The van der Waals surface area contributed by atoms with Crippen LogP contribution in [-0.4, -0.2) is 20.7 Å². The van der Waals surface area contributed by atoms with Gasteiger partial charge >= 0.3 is 0 Å². The van der Waals surface area contributed by atoms with Crippen molar-refractivity contribution in [3.05, 3.63) is 23.7 Å². The zero-order valence-corrected chi connectivity index (χ0v) is 10.7. The molecule has 1 aliphatic carbocycles. The summed E-state index contributed by atoms with van der Waals surface area (Å²) >= 11 is 0. The Morgan fingerprint density at radius 2 is 2.24 bits per heavy atom. The maximum Gasteiger partial charge on any atom is 0.210 e. The summed E-state index contributed by atoms with van der Waals surface area (Å²) < 4.78 is 27.1. The lowest BCUT2D eigenvalue weighted by Crippen LogP contribution is -2.26. The fourth-order valence-electron chi connectivity index (χ4n) is 1.83. The van der Waals surface area contributed by atoms with Gasteiger partial charge in [0.2, 0.25) is 10.0 Å². The summed E-state index contributed by atoms with van der Waals surface area (Å²) in [5.41, 5.74) is 0. The SMILES string of the molecule is CC1CC1c1ccc(CNCCS(N)(=O)=O)o1. The molecule has 3 N–H and O–H groups in total. The molecule has 0 radical (unpaired) electrons. The highest BCUT2D eigenvalue weighted by molar-refractivity contribution is 7.89. The van der Waals surface area contributed by atoms with E-state index >= 15 is 0 Å². The fraction of sp³-hybridized carbons (Fsp3) is 0.636. The van der Waals surface area contributed by atoms with E-state index in [1.54, 1.807) is 0 Å². The highest BCUT2D eigenvalue weighted by Gasteiger charge is 2.36. The van der Waals surface area contributed by atoms with Crippen molar-refractivity contribution in [1.82, 2.24) is 5.32 Å². The Labute approximate surface area is 101 Å². The van der Waals surface area contributed by atoms with Crippen molar-refractivity contribution in [2.75, 3.05) is 12.3 Å². The van der Waals surface area contributed by atoms with Crippen molar-refractivity contribution < 1.29 is 12.8 Å². The summed E-state index contributed by atoms with van der Waals surface area (Å²) in [6, 6.07) is 3.94. The van der Waals surface area contributed by atoms with Crippen LogP contribution < -0.4 is 10.5 Å². The first-order valence-electron chi connectivity index (χ1n) is 5.75. The Morgan fingerprint density at radius 1 is 1.53 bits per heavy atom. The molecule has 0 aromatic carbocycles. The Morgan fingerprint density at radius 3 is 2.82 bits per heavy atom. The van der Waals surface area contributed by atoms with Gasteiger partial charge in [-0.05, 0) is 24.5 Å². The smallest absolute Gasteiger partial charge is 0.210 e. The van der Waals surface area contributed by atoms with Crippen LogP contribution in [0.3, 0.4) is 0 Å². The van der Waals surface area contributed by atoms with Gasteiger partial charge in [0.15, 0.2) is 0 Å². The Kier molecular flexibility index (Phi) is 3.56. The van der Waals surface area contributed by atoms with E-state index in [2.05, 4.69) is 12.2 Å². The fourth-order valence-corrected chi connectivity index (χ4v) is 2.26. The monoisotopic (exact) mass is 258 g/mol. The molecule has 5 nitrogen and oxygen atoms in total. The highest BCUT2D eigenvalue weighted by atomic mass is 32.2. The zero-order valence-electron chi connectivity index (χ0n) is 9.85. The second-order valence-corrected chi connectivity index (χ2v) is 6.40. The minimum Gasteiger partial charge on any atom is -0.464 e. The quantitative estimate of drug-likeness (QED) is 0.738. The third-order valence-corrected chi connectivity index (χ3v) is 3.79. The molecule has 96 valence electrons. The first kappa shape index (κ1) is 12.6. The van der Waals surface area contributed by atoms with Crippen molar-refractivity contribution in [2.24, 2.45) is 11.1 Å². The van der Waals surface area contributed by atoms with Gasteiger partial charge in [0.25, 0.3) is 0 Å². The lowest BCUT2D eigenvalue weighted by atomic mass is 10.3. The van der Waals surface area contributed by atoms with Crippen molar-refractivity contribution >= 4 is 10.0 Å². The van der Waals surface area contributed by atoms with E-state index < -0.39 is 10.0 Å². The van der Waals surface area contributed by atoms with Gasteiger partial charge < -0.3 is 9.73 Å². The van der Waals surface area contributed by atoms with Gasteiger partial charge in [0.1, 0.15) is 11.5 Å². The molecular formula is C11H18N2O3S. The summed E-state index contributed by atoms with van der Waals surface area (Å²) in [6.45, 7) is 3.09. The number of furan rings is 1. The van der Waals surface area contributed by atoms with E-state index in [4.69, 9.17) is 9.56 Å². The number of rotatable bonds is 6. The molecule has 0 saturated heterocycles. The number of hydrogen-bond donors (Lipinski definition) is 2. The van der Waals surface area contributed by atoms with E-state index in [0.29, 0.717) is 19.0 Å². The molecule has 2 unspecified atom stereocenters. The highest BCUT2D eigenvalue weighted by Crippen LogP contribution is 2.47. The minimum atomic E-state index is -3.38. The summed E-state index contributed by atoms with van der Waals surface area (Å²) in [5.74, 6) is 3.13. The van der Waals surface area contributed by atoms with E-state index in [-0.39, 0.29) is 5.75 Å². The maximum atomic E-state index is 10.7. The van der Waals surface area contributed by atoms with Crippen LogP contribution in [0.15, 0.2) is 16.5 Å². The summed E-state index contributed by atoms with van der Waals surface area (Å²) in [4.78, 5) is 0.